The summed E-state index contributed by atoms with van der Waals surface area (Å²) in [5, 5.41) is 3.34. The fourth-order valence-corrected chi connectivity index (χ4v) is 4.09. The number of methoxy groups -OCH3 is 1. The molecule has 0 saturated carbocycles. The first-order valence-corrected chi connectivity index (χ1v) is 8.93. The zero-order valence-electron chi connectivity index (χ0n) is 14.6. The summed E-state index contributed by atoms with van der Waals surface area (Å²) in [6.45, 7) is 2.84. The van der Waals surface area contributed by atoms with Crippen LogP contribution in [-0.2, 0) is 13.0 Å². The highest BCUT2D eigenvalue weighted by atomic mass is 16.5. The Labute approximate surface area is 148 Å². The smallest absolute Gasteiger partial charge is 0.252 e. The van der Waals surface area contributed by atoms with E-state index >= 15 is 0 Å². The molecule has 1 spiro atoms. The number of hydrogen-bond acceptors (Lipinski definition) is 3. The molecule has 130 valence electrons. The molecule has 0 radical (unpaired) electrons. The number of hydrogen-bond donors (Lipinski definition) is 1. The van der Waals surface area contributed by atoms with Crippen molar-refractivity contribution in [1.82, 2.24) is 10.2 Å². The van der Waals surface area contributed by atoms with Gasteiger partial charge >= 0.3 is 0 Å². The molecule has 2 heterocycles. The fourth-order valence-electron chi connectivity index (χ4n) is 4.09. The van der Waals surface area contributed by atoms with E-state index in [9.17, 15) is 4.79 Å². The van der Waals surface area contributed by atoms with Crippen molar-refractivity contribution < 1.29 is 9.53 Å². The molecule has 1 N–H and O–H groups in total. The third-order valence-electron chi connectivity index (χ3n) is 5.51. The third-order valence-corrected chi connectivity index (χ3v) is 5.51. The van der Waals surface area contributed by atoms with Crippen LogP contribution in [0.5, 0.6) is 5.75 Å². The van der Waals surface area contributed by atoms with Crippen molar-refractivity contribution in [2.24, 2.45) is 0 Å². The fraction of sp³-hybridized carbons (Fsp3) is 0.381. The summed E-state index contributed by atoms with van der Waals surface area (Å²) in [5.41, 5.74) is 3.20. The molecule has 2 aliphatic rings. The Kier molecular flexibility index (Phi) is 4.22. The molecule has 2 aromatic rings. The normalized spacial score (nSPS) is 23.2. The number of carbonyl (C=O) groups is 1. The van der Waals surface area contributed by atoms with E-state index in [1.54, 1.807) is 7.11 Å². The second kappa shape index (κ2) is 6.52. The minimum absolute atomic E-state index is 0.0828. The molecule has 1 fully saturated rings. The Hall–Kier alpha value is -2.33. The van der Waals surface area contributed by atoms with Crippen molar-refractivity contribution in [1.29, 1.82) is 0 Å². The van der Waals surface area contributed by atoms with Gasteiger partial charge in [0.1, 0.15) is 5.75 Å². The maximum absolute atomic E-state index is 12.7. The number of carbonyl (C=O) groups excluding carboxylic acids is 1. The quantitative estimate of drug-likeness (QED) is 0.937. The number of fused-ring (bicyclic) bond motifs is 1. The van der Waals surface area contributed by atoms with Gasteiger partial charge in [0.15, 0.2) is 0 Å². The second-order valence-corrected chi connectivity index (χ2v) is 7.20. The molecule has 0 aliphatic carbocycles. The number of likely N-dealkylation sites (tertiary alicyclic amines) is 1. The van der Waals surface area contributed by atoms with Gasteiger partial charge in [0, 0.05) is 25.2 Å². The number of nitrogens with zero attached hydrogens (tertiary/aromatic N) is 1. The average molecular weight is 336 g/mol. The third kappa shape index (κ3) is 3.27. The van der Waals surface area contributed by atoms with Gasteiger partial charge in [0.2, 0.25) is 0 Å². The Balaban J connectivity index is 1.45. The van der Waals surface area contributed by atoms with Crippen LogP contribution in [-0.4, -0.2) is 36.5 Å². The highest BCUT2D eigenvalue weighted by Crippen LogP contribution is 2.31. The number of rotatable bonds is 3. The standard InChI is InChI=1S/C21H24N2O2/c1-25-18-8-6-16(7-9-18)14-23-13-12-21(15-23)11-10-17-4-2-3-5-19(17)20(24)22-21/h2-9H,10-15H2,1H3,(H,22,24). The largest absolute Gasteiger partial charge is 0.497 e. The number of amides is 1. The van der Waals surface area contributed by atoms with Crippen LogP contribution in [0.25, 0.3) is 0 Å². The number of benzene rings is 2. The van der Waals surface area contributed by atoms with Gasteiger partial charge in [-0.3, -0.25) is 9.69 Å². The molecule has 1 saturated heterocycles. The van der Waals surface area contributed by atoms with Crippen LogP contribution in [0.4, 0.5) is 0 Å². The van der Waals surface area contributed by atoms with E-state index in [0.29, 0.717) is 0 Å². The molecule has 25 heavy (non-hydrogen) atoms. The maximum Gasteiger partial charge on any atom is 0.252 e. The Morgan fingerprint density at radius 2 is 1.92 bits per heavy atom. The van der Waals surface area contributed by atoms with Crippen LogP contribution >= 0.6 is 0 Å². The highest BCUT2D eigenvalue weighted by Gasteiger charge is 2.40. The van der Waals surface area contributed by atoms with Crippen LogP contribution in [0, 0.1) is 0 Å². The van der Waals surface area contributed by atoms with E-state index in [-0.39, 0.29) is 11.4 Å². The predicted molar refractivity (Wildman–Crippen MR) is 97.8 cm³/mol. The topological polar surface area (TPSA) is 41.6 Å². The van der Waals surface area contributed by atoms with Gasteiger partial charge in [-0.25, -0.2) is 0 Å². The Morgan fingerprint density at radius 3 is 2.72 bits per heavy atom. The van der Waals surface area contributed by atoms with E-state index < -0.39 is 0 Å². The van der Waals surface area contributed by atoms with Gasteiger partial charge in [-0.2, -0.15) is 0 Å². The number of ether oxygens (including phenoxy) is 1. The first-order valence-electron chi connectivity index (χ1n) is 8.93. The second-order valence-electron chi connectivity index (χ2n) is 7.20. The van der Waals surface area contributed by atoms with E-state index in [2.05, 4.69) is 28.4 Å². The minimum Gasteiger partial charge on any atom is -0.497 e. The molecular weight excluding hydrogens is 312 g/mol. The summed E-state index contributed by atoms with van der Waals surface area (Å²) in [5.74, 6) is 0.967. The molecule has 4 rings (SSSR count). The number of aryl methyl sites for hydroxylation is 1. The van der Waals surface area contributed by atoms with Crippen molar-refractivity contribution in [3.05, 3.63) is 65.2 Å². The molecule has 2 aliphatic heterocycles. The molecule has 1 unspecified atom stereocenters. The lowest BCUT2D eigenvalue weighted by atomic mass is 9.91. The molecule has 4 heteroatoms. The molecule has 1 atom stereocenters. The predicted octanol–water partition coefficient (Wildman–Crippen LogP) is 3.02. The van der Waals surface area contributed by atoms with Gasteiger partial charge in [-0.05, 0) is 48.6 Å². The van der Waals surface area contributed by atoms with E-state index in [1.165, 1.54) is 11.1 Å². The molecule has 1 amide bonds. The van der Waals surface area contributed by atoms with Crippen molar-refractivity contribution in [2.45, 2.75) is 31.3 Å². The summed E-state index contributed by atoms with van der Waals surface area (Å²) in [4.78, 5) is 15.1. The lowest BCUT2D eigenvalue weighted by molar-refractivity contribution is 0.0902. The van der Waals surface area contributed by atoms with Crippen molar-refractivity contribution in [2.75, 3.05) is 20.2 Å². The van der Waals surface area contributed by atoms with Gasteiger partial charge in [0.25, 0.3) is 5.91 Å². The van der Waals surface area contributed by atoms with Gasteiger partial charge < -0.3 is 10.1 Å². The van der Waals surface area contributed by atoms with Crippen LogP contribution in [0.3, 0.4) is 0 Å². The van der Waals surface area contributed by atoms with Crippen LogP contribution in [0.2, 0.25) is 0 Å². The summed E-state index contributed by atoms with van der Waals surface area (Å²) in [6.07, 6.45) is 2.99. The zero-order chi connectivity index (χ0) is 17.3. The lowest BCUT2D eigenvalue weighted by Gasteiger charge is -2.29. The van der Waals surface area contributed by atoms with Crippen molar-refractivity contribution >= 4 is 5.91 Å². The lowest BCUT2D eigenvalue weighted by Crippen LogP contribution is -2.49. The highest BCUT2D eigenvalue weighted by molar-refractivity contribution is 5.96. The molecular formula is C21H24N2O2. The maximum atomic E-state index is 12.7. The number of nitrogens with one attached hydrogen (secondary N) is 1. The molecule has 4 nitrogen and oxygen atoms in total. The van der Waals surface area contributed by atoms with E-state index in [1.807, 2.05) is 30.3 Å². The van der Waals surface area contributed by atoms with E-state index in [0.717, 1.165) is 50.2 Å². The Morgan fingerprint density at radius 1 is 1.12 bits per heavy atom. The van der Waals surface area contributed by atoms with Gasteiger partial charge in [-0.15, -0.1) is 0 Å². The summed E-state index contributed by atoms with van der Waals surface area (Å²) in [6, 6.07) is 16.2. The average Bonchev–Trinajstić information content (AvgIpc) is 2.97. The first kappa shape index (κ1) is 16.2. The zero-order valence-corrected chi connectivity index (χ0v) is 14.6. The van der Waals surface area contributed by atoms with Crippen molar-refractivity contribution in [3.63, 3.8) is 0 Å². The first-order chi connectivity index (χ1) is 12.2. The minimum atomic E-state index is -0.0947. The summed E-state index contributed by atoms with van der Waals surface area (Å²) >= 11 is 0. The SMILES string of the molecule is COc1ccc(CN2CCC3(CCc4ccccc4C(=O)N3)C2)cc1. The van der Waals surface area contributed by atoms with Crippen LogP contribution in [0.15, 0.2) is 48.5 Å². The van der Waals surface area contributed by atoms with Crippen LogP contribution in [0.1, 0.15) is 34.3 Å². The Bertz CT molecular complexity index is 772. The summed E-state index contributed by atoms with van der Waals surface area (Å²) < 4.78 is 5.22. The van der Waals surface area contributed by atoms with Gasteiger partial charge in [0.05, 0.1) is 12.6 Å². The van der Waals surface area contributed by atoms with E-state index in [4.69, 9.17) is 4.74 Å². The molecule has 0 aromatic heterocycles. The van der Waals surface area contributed by atoms with Crippen LogP contribution < -0.4 is 10.1 Å². The molecule has 0 bridgehead atoms. The molecule has 2 aromatic carbocycles. The van der Waals surface area contributed by atoms with Gasteiger partial charge in [-0.1, -0.05) is 30.3 Å². The van der Waals surface area contributed by atoms with Crippen molar-refractivity contribution in [3.8, 4) is 5.75 Å². The monoisotopic (exact) mass is 336 g/mol. The summed E-state index contributed by atoms with van der Waals surface area (Å²) in [7, 11) is 1.69.